The van der Waals surface area contributed by atoms with E-state index in [9.17, 15) is 0 Å². The van der Waals surface area contributed by atoms with Gasteiger partial charge in [-0.25, -0.2) is 0 Å². The van der Waals surface area contributed by atoms with Gasteiger partial charge in [-0.15, -0.1) is 0 Å². The van der Waals surface area contributed by atoms with Crippen molar-refractivity contribution in [1.29, 1.82) is 5.26 Å². The number of nitrogens with one attached hydrogen (secondary N) is 1. The Morgan fingerprint density at radius 2 is 1.83 bits per heavy atom. The number of nitrogens with zero attached hydrogens (tertiary/aromatic N) is 1. The highest BCUT2D eigenvalue weighted by Gasteiger charge is 2.23. The first kappa shape index (κ1) is 13.0. The van der Waals surface area contributed by atoms with Crippen molar-refractivity contribution in [3.63, 3.8) is 0 Å². The predicted octanol–water partition coefficient (Wildman–Crippen LogP) is 4.10. The predicted molar refractivity (Wildman–Crippen MR) is 75.5 cm³/mol. The van der Waals surface area contributed by atoms with Gasteiger partial charge in [0.25, 0.3) is 0 Å². The van der Waals surface area contributed by atoms with Crippen molar-refractivity contribution in [1.82, 2.24) is 0 Å². The van der Waals surface area contributed by atoms with Gasteiger partial charge in [0.05, 0.1) is 11.6 Å². The Labute approximate surface area is 110 Å². The minimum Gasteiger partial charge on any atom is -0.382 e. The summed E-state index contributed by atoms with van der Waals surface area (Å²) in [6.45, 7) is 6.68. The molecule has 0 radical (unpaired) electrons. The van der Waals surface area contributed by atoms with Gasteiger partial charge < -0.3 is 5.32 Å². The van der Waals surface area contributed by atoms with Crippen molar-refractivity contribution in [2.75, 3.05) is 5.32 Å². The number of rotatable bonds is 2. The van der Waals surface area contributed by atoms with Crippen LogP contribution < -0.4 is 5.32 Å². The van der Waals surface area contributed by atoms with Gasteiger partial charge in [0.1, 0.15) is 0 Å². The highest BCUT2D eigenvalue weighted by Crippen LogP contribution is 2.30. The fourth-order valence-corrected chi connectivity index (χ4v) is 3.18. The molecule has 1 aromatic rings. The van der Waals surface area contributed by atoms with Crippen LogP contribution in [0.25, 0.3) is 0 Å². The molecule has 0 aliphatic heterocycles. The fraction of sp³-hybridized carbons (Fsp3) is 0.562. The zero-order valence-electron chi connectivity index (χ0n) is 11.5. The lowest BCUT2D eigenvalue weighted by Gasteiger charge is -2.32. The molecule has 1 aliphatic carbocycles. The lowest BCUT2D eigenvalue weighted by molar-refractivity contribution is 0.281. The lowest BCUT2D eigenvalue weighted by Crippen LogP contribution is -2.30. The molecule has 0 spiro atoms. The first-order valence-corrected chi connectivity index (χ1v) is 6.85. The maximum Gasteiger partial charge on any atom is 0.0994 e. The van der Waals surface area contributed by atoms with Crippen LogP contribution in [0.2, 0.25) is 0 Å². The number of aryl methyl sites for hydroxylation is 1. The van der Waals surface area contributed by atoms with Crippen molar-refractivity contribution in [2.45, 2.75) is 46.1 Å². The van der Waals surface area contributed by atoms with Crippen LogP contribution in [-0.4, -0.2) is 6.04 Å². The Balaban J connectivity index is 2.05. The molecule has 1 fully saturated rings. The minimum atomic E-state index is 0.580. The molecule has 1 aliphatic rings. The normalized spacial score (nSPS) is 27.6. The molecule has 2 atom stereocenters. The quantitative estimate of drug-likeness (QED) is 0.847. The van der Waals surface area contributed by atoms with Crippen molar-refractivity contribution in [3.8, 4) is 6.07 Å². The molecule has 0 heterocycles. The second-order valence-corrected chi connectivity index (χ2v) is 5.90. The SMILES string of the molecule is Cc1cc(NC2CC(C)CC(C)C2)ccc1C#N. The van der Waals surface area contributed by atoms with Gasteiger partial charge >= 0.3 is 0 Å². The van der Waals surface area contributed by atoms with Crippen molar-refractivity contribution in [3.05, 3.63) is 29.3 Å². The first-order valence-electron chi connectivity index (χ1n) is 6.85. The van der Waals surface area contributed by atoms with Gasteiger partial charge in [0, 0.05) is 11.7 Å². The lowest BCUT2D eigenvalue weighted by atomic mass is 9.80. The van der Waals surface area contributed by atoms with E-state index in [-0.39, 0.29) is 0 Å². The molecule has 1 saturated carbocycles. The average molecular weight is 242 g/mol. The Hall–Kier alpha value is -1.49. The molecule has 1 N–H and O–H groups in total. The summed E-state index contributed by atoms with van der Waals surface area (Å²) in [4.78, 5) is 0. The molecule has 2 rings (SSSR count). The molecule has 0 saturated heterocycles. The van der Waals surface area contributed by atoms with Crippen molar-refractivity contribution in [2.24, 2.45) is 11.8 Å². The topological polar surface area (TPSA) is 35.8 Å². The molecule has 1 aromatic carbocycles. The van der Waals surface area contributed by atoms with E-state index >= 15 is 0 Å². The monoisotopic (exact) mass is 242 g/mol. The molecule has 18 heavy (non-hydrogen) atoms. The van der Waals surface area contributed by atoms with Gasteiger partial charge in [0.2, 0.25) is 0 Å². The van der Waals surface area contributed by atoms with Crippen LogP contribution in [0.15, 0.2) is 18.2 Å². The maximum absolute atomic E-state index is 8.93. The van der Waals surface area contributed by atoms with E-state index in [1.165, 1.54) is 19.3 Å². The fourth-order valence-electron chi connectivity index (χ4n) is 3.18. The molecular formula is C16H22N2. The number of hydrogen-bond acceptors (Lipinski definition) is 2. The van der Waals surface area contributed by atoms with Crippen LogP contribution >= 0.6 is 0 Å². The third-order valence-corrected chi connectivity index (χ3v) is 3.90. The van der Waals surface area contributed by atoms with Gasteiger partial charge in [-0.3, -0.25) is 0 Å². The van der Waals surface area contributed by atoms with Crippen LogP contribution in [0.4, 0.5) is 5.69 Å². The second-order valence-electron chi connectivity index (χ2n) is 5.90. The molecule has 96 valence electrons. The summed E-state index contributed by atoms with van der Waals surface area (Å²) in [5.74, 6) is 1.62. The average Bonchev–Trinajstić information content (AvgIpc) is 2.27. The highest BCUT2D eigenvalue weighted by atomic mass is 14.9. The van der Waals surface area contributed by atoms with Crippen LogP contribution in [0, 0.1) is 30.1 Å². The molecule has 0 amide bonds. The van der Waals surface area contributed by atoms with Crippen LogP contribution in [0.3, 0.4) is 0 Å². The van der Waals surface area contributed by atoms with Crippen LogP contribution in [0.5, 0.6) is 0 Å². The van der Waals surface area contributed by atoms with Crippen LogP contribution in [-0.2, 0) is 0 Å². The van der Waals surface area contributed by atoms with E-state index in [4.69, 9.17) is 5.26 Å². The van der Waals surface area contributed by atoms with E-state index in [1.807, 2.05) is 19.1 Å². The van der Waals surface area contributed by atoms with E-state index in [0.717, 1.165) is 28.7 Å². The molecular weight excluding hydrogens is 220 g/mol. The summed E-state index contributed by atoms with van der Waals surface area (Å²) in [7, 11) is 0. The minimum absolute atomic E-state index is 0.580. The van der Waals surface area contributed by atoms with E-state index < -0.39 is 0 Å². The Kier molecular flexibility index (Phi) is 3.91. The summed E-state index contributed by atoms with van der Waals surface area (Å²) in [5.41, 5.74) is 2.98. The number of anilines is 1. The van der Waals surface area contributed by atoms with Crippen LogP contribution in [0.1, 0.15) is 44.2 Å². The molecule has 0 aromatic heterocycles. The molecule has 0 bridgehead atoms. The third kappa shape index (κ3) is 3.04. The molecule has 2 nitrogen and oxygen atoms in total. The standard InChI is InChI=1S/C16H22N2/c1-11-6-12(2)8-16(7-11)18-15-5-4-14(10-17)13(3)9-15/h4-5,9,11-12,16,18H,6-8H2,1-3H3. The summed E-state index contributed by atoms with van der Waals surface area (Å²) in [5, 5.41) is 12.6. The smallest absolute Gasteiger partial charge is 0.0994 e. The largest absolute Gasteiger partial charge is 0.382 e. The molecule has 2 unspecified atom stereocenters. The number of benzene rings is 1. The second kappa shape index (κ2) is 5.44. The maximum atomic E-state index is 8.93. The van der Waals surface area contributed by atoms with E-state index in [1.54, 1.807) is 0 Å². The third-order valence-electron chi connectivity index (χ3n) is 3.90. The van der Waals surface area contributed by atoms with Gasteiger partial charge in [-0.1, -0.05) is 13.8 Å². The molecule has 2 heteroatoms. The van der Waals surface area contributed by atoms with Gasteiger partial charge in [0.15, 0.2) is 0 Å². The van der Waals surface area contributed by atoms with E-state index in [2.05, 4.69) is 31.3 Å². The highest BCUT2D eigenvalue weighted by molar-refractivity contribution is 5.52. The summed E-state index contributed by atoms with van der Waals surface area (Å²) in [6.07, 6.45) is 3.86. The Bertz CT molecular complexity index is 449. The number of nitriles is 1. The van der Waals surface area contributed by atoms with Crippen molar-refractivity contribution < 1.29 is 0 Å². The van der Waals surface area contributed by atoms with E-state index in [0.29, 0.717) is 6.04 Å². The summed E-state index contributed by atoms with van der Waals surface area (Å²) >= 11 is 0. The first-order chi connectivity index (χ1) is 8.58. The Morgan fingerprint density at radius 3 is 2.39 bits per heavy atom. The van der Waals surface area contributed by atoms with Gasteiger partial charge in [-0.2, -0.15) is 5.26 Å². The summed E-state index contributed by atoms with van der Waals surface area (Å²) < 4.78 is 0. The number of hydrogen-bond donors (Lipinski definition) is 1. The zero-order valence-corrected chi connectivity index (χ0v) is 11.5. The van der Waals surface area contributed by atoms with Crippen molar-refractivity contribution >= 4 is 5.69 Å². The summed E-state index contributed by atoms with van der Waals surface area (Å²) in [6, 6.07) is 8.81. The zero-order chi connectivity index (χ0) is 13.1. The van der Waals surface area contributed by atoms with Gasteiger partial charge in [-0.05, 0) is 61.8 Å². The Morgan fingerprint density at radius 1 is 1.17 bits per heavy atom.